The van der Waals surface area contributed by atoms with Gasteiger partial charge in [0.2, 0.25) is 0 Å². The van der Waals surface area contributed by atoms with Gasteiger partial charge in [-0.1, -0.05) is 0 Å². The summed E-state index contributed by atoms with van der Waals surface area (Å²) in [6.45, 7) is 19.1. The Balaban J connectivity index is 2.75. The van der Waals surface area contributed by atoms with Gasteiger partial charge in [-0.3, -0.25) is 0 Å². The van der Waals surface area contributed by atoms with Crippen LogP contribution >= 0.6 is 0 Å². The van der Waals surface area contributed by atoms with Crippen LogP contribution in [0.25, 0.3) is 0 Å². The van der Waals surface area contributed by atoms with Crippen LogP contribution in [0.5, 0.6) is 0 Å². The van der Waals surface area contributed by atoms with E-state index in [0.29, 0.717) is 0 Å². The van der Waals surface area contributed by atoms with Crippen LogP contribution in [0.4, 0.5) is 0 Å². The standard InChI is InChI=1S/C11H15.3C4H6O2.Ti/c1-8-7-9(2)11-6-4-3-5-10(8)11;3*1-3(2)4(5)6;/h7H,3-6H2,1-2H3;3*1H2,2H3,(H,5,6);/q;;;;+3/p-3. The van der Waals surface area contributed by atoms with Crippen molar-refractivity contribution in [3.05, 3.63) is 59.3 Å². The second kappa shape index (κ2) is 8.90. The summed E-state index contributed by atoms with van der Waals surface area (Å²) < 4.78 is 16.5. The third-order valence-electron chi connectivity index (χ3n) is 5.44. The van der Waals surface area contributed by atoms with Gasteiger partial charge in [0.1, 0.15) is 0 Å². The van der Waals surface area contributed by atoms with Crippen molar-refractivity contribution in [3.8, 4) is 0 Å². The average molecular weight is 450 g/mol. The molecule has 0 radical (unpaired) electrons. The first-order valence-corrected chi connectivity index (χ1v) is 12.6. The summed E-state index contributed by atoms with van der Waals surface area (Å²) in [7, 11) is 0. The van der Waals surface area contributed by atoms with Gasteiger partial charge in [-0.15, -0.1) is 0 Å². The predicted octanol–water partition coefficient (Wildman–Crippen LogP) is 5.25. The number of hydrogen-bond acceptors (Lipinski definition) is 6. The SMILES string of the molecule is C=C(C)C(=O)[O][Ti]([O]C(=O)C(=C)C)([O]C(=O)C(=C)C)[C]1(C)C=C(C)C2=C1CCCC2. The van der Waals surface area contributed by atoms with Crippen LogP contribution in [0.2, 0.25) is 3.72 Å². The Labute approximate surface area is 183 Å². The average Bonchev–Trinajstić information content (AvgIpc) is 2.93. The molecule has 0 saturated heterocycles. The van der Waals surface area contributed by atoms with Crippen molar-refractivity contribution in [2.24, 2.45) is 0 Å². The first-order chi connectivity index (χ1) is 13.8. The molecular weight excluding hydrogens is 420 g/mol. The Bertz CT molecular complexity index is 837. The van der Waals surface area contributed by atoms with Crippen molar-refractivity contribution in [1.29, 1.82) is 0 Å². The fourth-order valence-electron chi connectivity index (χ4n) is 3.80. The molecule has 1 atom stereocenters. The van der Waals surface area contributed by atoms with Crippen LogP contribution in [0.1, 0.15) is 60.3 Å². The monoisotopic (exact) mass is 450 g/mol. The van der Waals surface area contributed by atoms with Crippen molar-refractivity contribution in [3.63, 3.8) is 0 Å². The van der Waals surface area contributed by atoms with Crippen LogP contribution in [0.15, 0.2) is 59.3 Å². The Kier molecular flexibility index (Phi) is 7.15. The molecule has 7 heteroatoms. The van der Waals surface area contributed by atoms with Gasteiger partial charge in [0.05, 0.1) is 0 Å². The Morgan fingerprint density at radius 2 is 1.27 bits per heavy atom. The Morgan fingerprint density at radius 1 is 0.867 bits per heavy atom. The van der Waals surface area contributed by atoms with Crippen LogP contribution in [0.3, 0.4) is 0 Å². The van der Waals surface area contributed by atoms with Gasteiger partial charge in [-0.25, -0.2) is 0 Å². The van der Waals surface area contributed by atoms with Gasteiger partial charge in [0, 0.05) is 0 Å². The molecule has 1 unspecified atom stereocenters. The molecule has 2 aliphatic carbocycles. The van der Waals surface area contributed by atoms with Crippen molar-refractivity contribution < 1.29 is 42.1 Å². The maximum atomic E-state index is 12.7. The summed E-state index contributed by atoms with van der Waals surface area (Å²) in [6, 6.07) is 0. The van der Waals surface area contributed by atoms with E-state index in [1.165, 1.54) is 20.8 Å². The van der Waals surface area contributed by atoms with E-state index >= 15 is 0 Å². The van der Waals surface area contributed by atoms with E-state index in [2.05, 4.69) is 19.7 Å². The van der Waals surface area contributed by atoms with E-state index in [1.54, 1.807) is 0 Å². The van der Waals surface area contributed by atoms with E-state index in [9.17, 15) is 14.4 Å². The summed E-state index contributed by atoms with van der Waals surface area (Å²) in [5.41, 5.74) is 3.52. The second-order valence-electron chi connectivity index (χ2n) is 8.26. The van der Waals surface area contributed by atoms with E-state index in [-0.39, 0.29) is 16.7 Å². The summed E-state index contributed by atoms with van der Waals surface area (Å²) in [5.74, 6) is -2.30. The number of carbonyl (C=O) groups excluding carboxylic acids is 3. The number of carbonyl (C=O) groups is 3. The maximum absolute atomic E-state index is 12.7. The van der Waals surface area contributed by atoms with E-state index in [1.807, 2.05) is 19.9 Å². The van der Waals surface area contributed by atoms with Gasteiger partial charge in [0.15, 0.2) is 0 Å². The molecule has 0 saturated carbocycles. The van der Waals surface area contributed by atoms with Gasteiger partial charge in [0.25, 0.3) is 0 Å². The molecule has 0 N–H and O–H groups in total. The molecule has 0 aromatic carbocycles. The molecule has 6 nitrogen and oxygen atoms in total. The van der Waals surface area contributed by atoms with Crippen LogP contribution in [0, 0.1) is 0 Å². The number of hydrogen-bond donors (Lipinski definition) is 0. The van der Waals surface area contributed by atoms with Crippen molar-refractivity contribution >= 4 is 17.9 Å². The molecule has 162 valence electrons. The zero-order chi connectivity index (χ0) is 22.9. The van der Waals surface area contributed by atoms with Crippen molar-refractivity contribution in [2.45, 2.75) is 64.0 Å². The molecule has 0 aliphatic heterocycles. The van der Waals surface area contributed by atoms with E-state index in [4.69, 9.17) is 9.96 Å². The molecule has 2 rings (SSSR count). The summed E-state index contributed by atoms with van der Waals surface area (Å²) in [6.07, 6.45) is 5.54. The summed E-state index contributed by atoms with van der Waals surface area (Å²) in [5, 5.41) is 0. The van der Waals surface area contributed by atoms with E-state index in [0.717, 1.165) is 42.4 Å². The zero-order valence-electron chi connectivity index (χ0n) is 18.5. The van der Waals surface area contributed by atoms with Gasteiger partial charge >= 0.3 is 183 Å². The third kappa shape index (κ3) is 4.45. The van der Waals surface area contributed by atoms with Gasteiger partial charge < -0.3 is 0 Å². The van der Waals surface area contributed by atoms with Crippen LogP contribution < -0.4 is 0 Å². The van der Waals surface area contributed by atoms with Gasteiger partial charge in [-0.05, 0) is 0 Å². The first-order valence-electron chi connectivity index (χ1n) is 9.93. The quantitative estimate of drug-likeness (QED) is 0.389. The fraction of sp³-hybridized carbons (Fsp3) is 0.435. The molecule has 0 bridgehead atoms. The van der Waals surface area contributed by atoms with E-state index < -0.39 is 39.4 Å². The normalized spacial score (nSPS) is 20.6. The molecule has 0 aromatic rings. The Hall–Kier alpha value is -2.18. The minimum absolute atomic E-state index is 0.114. The number of rotatable bonds is 7. The van der Waals surface area contributed by atoms with Crippen molar-refractivity contribution in [1.82, 2.24) is 0 Å². The molecule has 0 spiro atoms. The number of allylic oxidation sites excluding steroid dienone is 4. The third-order valence-corrected chi connectivity index (χ3v) is 10.2. The first kappa shape index (κ1) is 24.1. The van der Waals surface area contributed by atoms with Crippen LogP contribution in [-0.4, -0.2) is 17.9 Å². The molecule has 0 fully saturated rings. The van der Waals surface area contributed by atoms with Crippen LogP contribution in [-0.2, 0) is 42.1 Å². The molecule has 0 amide bonds. The second-order valence-corrected chi connectivity index (χ2v) is 12.6. The topological polar surface area (TPSA) is 78.9 Å². The zero-order valence-corrected chi connectivity index (χ0v) is 20.0. The summed E-state index contributed by atoms with van der Waals surface area (Å²) >= 11 is -5.08. The predicted molar refractivity (Wildman–Crippen MR) is 110 cm³/mol. The molecule has 2 aliphatic rings. The molecule has 0 heterocycles. The fourth-order valence-corrected chi connectivity index (χ4v) is 8.57. The molecule has 0 aromatic heterocycles. The molecular formula is C23H30O6Ti. The summed E-state index contributed by atoms with van der Waals surface area (Å²) in [4.78, 5) is 38.0. The Morgan fingerprint density at radius 3 is 1.67 bits per heavy atom. The van der Waals surface area contributed by atoms with Crippen molar-refractivity contribution in [2.75, 3.05) is 0 Å². The molecule has 30 heavy (non-hydrogen) atoms. The minimum atomic E-state index is -5.08. The van der Waals surface area contributed by atoms with Gasteiger partial charge in [-0.2, -0.15) is 0 Å².